The van der Waals surface area contributed by atoms with Gasteiger partial charge in [-0.15, -0.1) is 0 Å². The van der Waals surface area contributed by atoms with Gasteiger partial charge in [0.1, 0.15) is 0 Å². The monoisotopic (exact) mass is 334 g/mol. The minimum Gasteiger partial charge on any atom is -0.342 e. The second-order valence-corrected chi connectivity index (χ2v) is 7.98. The second kappa shape index (κ2) is 6.82. The highest BCUT2D eigenvalue weighted by atomic mass is 35.5. The summed E-state index contributed by atoms with van der Waals surface area (Å²) in [7, 11) is 6.34. The maximum Gasteiger partial charge on any atom is 0.226 e. The standard InChI is InChI=1S/C19H27ClN2O/c1-21(2)17-9-14-11-18(12-15(14)10-17)22(3)19(23)8-13-5-4-6-16(20)7-13/h4-7,14-15,17-18H,8-12H2,1-3H3/t14-,15+,17?,18?. The van der Waals surface area contributed by atoms with Crippen molar-refractivity contribution in [1.82, 2.24) is 9.80 Å². The summed E-state index contributed by atoms with van der Waals surface area (Å²) in [5.41, 5.74) is 1.00. The third-order valence-electron chi connectivity index (χ3n) is 5.88. The van der Waals surface area contributed by atoms with E-state index in [2.05, 4.69) is 19.0 Å². The van der Waals surface area contributed by atoms with Crippen LogP contribution in [0.4, 0.5) is 0 Å². The molecule has 126 valence electrons. The smallest absolute Gasteiger partial charge is 0.226 e. The molecule has 1 aromatic carbocycles. The van der Waals surface area contributed by atoms with Crippen LogP contribution < -0.4 is 0 Å². The van der Waals surface area contributed by atoms with Crippen molar-refractivity contribution in [3.8, 4) is 0 Å². The Hall–Kier alpha value is -1.06. The Kier molecular flexibility index (Phi) is 4.98. The fourth-order valence-electron chi connectivity index (χ4n) is 4.44. The fraction of sp³-hybridized carbons (Fsp3) is 0.632. The third-order valence-corrected chi connectivity index (χ3v) is 6.12. The van der Waals surface area contributed by atoms with Gasteiger partial charge in [0, 0.05) is 24.2 Å². The summed E-state index contributed by atoms with van der Waals surface area (Å²) in [5, 5.41) is 0.697. The fourth-order valence-corrected chi connectivity index (χ4v) is 4.65. The first-order valence-corrected chi connectivity index (χ1v) is 8.98. The van der Waals surface area contributed by atoms with Gasteiger partial charge in [0.2, 0.25) is 5.91 Å². The average molecular weight is 335 g/mol. The second-order valence-electron chi connectivity index (χ2n) is 7.55. The van der Waals surface area contributed by atoms with Gasteiger partial charge in [0.15, 0.2) is 0 Å². The molecule has 3 rings (SSSR count). The molecule has 4 heteroatoms. The number of halogens is 1. The van der Waals surface area contributed by atoms with Crippen LogP contribution in [-0.2, 0) is 11.2 Å². The zero-order valence-electron chi connectivity index (χ0n) is 14.3. The molecule has 0 aromatic heterocycles. The normalized spacial score (nSPS) is 29.8. The summed E-state index contributed by atoms with van der Waals surface area (Å²) in [5.74, 6) is 1.81. The molecule has 0 spiro atoms. The molecule has 2 aliphatic rings. The molecular formula is C19H27ClN2O. The molecule has 1 amide bonds. The van der Waals surface area contributed by atoms with E-state index < -0.39 is 0 Å². The first kappa shape index (κ1) is 16.8. The van der Waals surface area contributed by atoms with E-state index in [0.29, 0.717) is 17.5 Å². The zero-order chi connectivity index (χ0) is 16.6. The molecule has 0 saturated heterocycles. The number of likely N-dealkylation sites (N-methyl/N-ethyl adjacent to an activating group) is 1. The first-order valence-electron chi connectivity index (χ1n) is 8.60. The van der Waals surface area contributed by atoms with Crippen LogP contribution >= 0.6 is 11.6 Å². The summed E-state index contributed by atoms with van der Waals surface area (Å²) in [6, 6.07) is 8.77. The maximum atomic E-state index is 12.6. The Bertz CT molecular complexity index is 560. The molecule has 3 nitrogen and oxygen atoms in total. The molecule has 4 atom stereocenters. The number of amides is 1. The van der Waals surface area contributed by atoms with Crippen molar-refractivity contribution in [3.63, 3.8) is 0 Å². The third kappa shape index (κ3) is 3.72. The molecule has 2 unspecified atom stereocenters. The van der Waals surface area contributed by atoms with Crippen LogP contribution in [0, 0.1) is 11.8 Å². The summed E-state index contributed by atoms with van der Waals surface area (Å²) < 4.78 is 0. The Morgan fingerprint density at radius 2 is 1.70 bits per heavy atom. The molecule has 0 aliphatic heterocycles. The number of fused-ring (bicyclic) bond motifs is 1. The van der Waals surface area contributed by atoms with E-state index in [0.717, 1.165) is 23.4 Å². The molecule has 2 aliphatic carbocycles. The van der Waals surface area contributed by atoms with Crippen molar-refractivity contribution < 1.29 is 4.79 Å². The molecule has 23 heavy (non-hydrogen) atoms. The Labute approximate surface area is 144 Å². The lowest BCUT2D eigenvalue weighted by molar-refractivity contribution is -0.131. The van der Waals surface area contributed by atoms with Crippen molar-refractivity contribution in [1.29, 1.82) is 0 Å². The molecule has 0 radical (unpaired) electrons. The molecule has 0 bridgehead atoms. The first-order chi connectivity index (χ1) is 10.9. The molecular weight excluding hydrogens is 308 g/mol. The van der Waals surface area contributed by atoms with E-state index in [1.807, 2.05) is 36.2 Å². The molecule has 0 N–H and O–H groups in total. The van der Waals surface area contributed by atoms with Gasteiger partial charge in [-0.2, -0.15) is 0 Å². The quantitative estimate of drug-likeness (QED) is 0.842. The zero-order valence-corrected chi connectivity index (χ0v) is 15.1. The SMILES string of the molecule is CN(C)C1C[C@@H]2CC(N(C)C(=O)Cc3cccc(Cl)c3)C[C@@H]2C1. The van der Waals surface area contributed by atoms with E-state index in [1.54, 1.807) is 0 Å². The highest BCUT2D eigenvalue weighted by molar-refractivity contribution is 6.30. The van der Waals surface area contributed by atoms with Crippen LogP contribution in [0.3, 0.4) is 0 Å². The van der Waals surface area contributed by atoms with E-state index >= 15 is 0 Å². The van der Waals surface area contributed by atoms with Crippen LogP contribution in [0.2, 0.25) is 5.02 Å². The number of carbonyl (C=O) groups excluding carboxylic acids is 1. The summed E-state index contributed by atoms with van der Waals surface area (Å²) in [6.07, 6.45) is 5.39. The Morgan fingerprint density at radius 3 is 2.26 bits per heavy atom. The van der Waals surface area contributed by atoms with Crippen molar-refractivity contribution >= 4 is 17.5 Å². The van der Waals surface area contributed by atoms with Crippen LogP contribution in [0.1, 0.15) is 31.2 Å². The topological polar surface area (TPSA) is 23.6 Å². The predicted octanol–water partition coefficient (Wildman–Crippen LogP) is 3.46. The van der Waals surface area contributed by atoms with Crippen molar-refractivity contribution in [2.75, 3.05) is 21.1 Å². The number of carbonyl (C=O) groups is 1. The maximum absolute atomic E-state index is 12.6. The van der Waals surface area contributed by atoms with Crippen LogP contribution in [-0.4, -0.2) is 48.9 Å². The van der Waals surface area contributed by atoms with Gasteiger partial charge in [0.05, 0.1) is 6.42 Å². The summed E-state index contributed by atoms with van der Waals surface area (Å²) in [6.45, 7) is 0. The van der Waals surface area contributed by atoms with Gasteiger partial charge in [0.25, 0.3) is 0 Å². The van der Waals surface area contributed by atoms with Crippen molar-refractivity contribution in [2.45, 2.75) is 44.2 Å². The van der Waals surface area contributed by atoms with E-state index in [1.165, 1.54) is 25.7 Å². The highest BCUT2D eigenvalue weighted by Crippen LogP contribution is 2.46. The number of hydrogen-bond acceptors (Lipinski definition) is 2. The van der Waals surface area contributed by atoms with Gasteiger partial charge in [-0.1, -0.05) is 23.7 Å². The summed E-state index contributed by atoms with van der Waals surface area (Å²) in [4.78, 5) is 16.9. The predicted molar refractivity (Wildman–Crippen MR) is 94.6 cm³/mol. The van der Waals surface area contributed by atoms with Gasteiger partial charge in [-0.25, -0.2) is 0 Å². The number of nitrogens with zero attached hydrogens (tertiary/aromatic N) is 2. The van der Waals surface area contributed by atoms with E-state index in [9.17, 15) is 4.79 Å². The molecule has 2 saturated carbocycles. The van der Waals surface area contributed by atoms with Crippen molar-refractivity contribution in [2.24, 2.45) is 11.8 Å². The van der Waals surface area contributed by atoms with Gasteiger partial charge in [-0.3, -0.25) is 4.79 Å². The van der Waals surface area contributed by atoms with E-state index in [4.69, 9.17) is 11.6 Å². The van der Waals surface area contributed by atoms with Gasteiger partial charge >= 0.3 is 0 Å². The molecule has 1 aromatic rings. The lowest BCUT2D eigenvalue weighted by Gasteiger charge is -2.27. The average Bonchev–Trinajstić information content (AvgIpc) is 3.04. The lowest BCUT2D eigenvalue weighted by Crippen LogP contribution is -2.37. The van der Waals surface area contributed by atoms with Crippen molar-refractivity contribution in [3.05, 3.63) is 34.9 Å². The molecule has 0 heterocycles. The highest BCUT2D eigenvalue weighted by Gasteiger charge is 2.43. The van der Waals surface area contributed by atoms with Crippen LogP contribution in [0.15, 0.2) is 24.3 Å². The van der Waals surface area contributed by atoms with Gasteiger partial charge in [-0.05, 0) is 69.3 Å². The minimum absolute atomic E-state index is 0.210. The summed E-state index contributed by atoms with van der Waals surface area (Å²) >= 11 is 6.01. The lowest BCUT2D eigenvalue weighted by atomic mass is 10.0. The van der Waals surface area contributed by atoms with E-state index in [-0.39, 0.29) is 5.91 Å². The Balaban J connectivity index is 1.56. The minimum atomic E-state index is 0.210. The number of rotatable bonds is 4. The number of benzene rings is 1. The number of hydrogen-bond donors (Lipinski definition) is 0. The Morgan fingerprint density at radius 1 is 1.09 bits per heavy atom. The van der Waals surface area contributed by atoms with Crippen LogP contribution in [0.5, 0.6) is 0 Å². The molecule has 2 fully saturated rings. The van der Waals surface area contributed by atoms with Gasteiger partial charge < -0.3 is 9.80 Å². The largest absolute Gasteiger partial charge is 0.342 e. The van der Waals surface area contributed by atoms with Crippen LogP contribution in [0.25, 0.3) is 0 Å².